The van der Waals surface area contributed by atoms with E-state index >= 15 is 0 Å². The SMILES string of the molecule is CC1(C(N)CCc2ccc3c(c2)CCO3)CCCS1. The molecule has 0 bridgehead atoms. The fraction of sp³-hybridized carbons (Fsp3) is 0.625. The molecule has 104 valence electrons. The van der Waals surface area contributed by atoms with Crippen LogP contribution in [-0.4, -0.2) is 23.1 Å². The summed E-state index contributed by atoms with van der Waals surface area (Å²) in [5.74, 6) is 2.35. The molecule has 19 heavy (non-hydrogen) atoms. The summed E-state index contributed by atoms with van der Waals surface area (Å²) in [5.41, 5.74) is 9.21. The minimum atomic E-state index is 0.305. The number of aryl methyl sites for hydroxylation is 1. The highest BCUT2D eigenvalue weighted by molar-refractivity contribution is 8.00. The topological polar surface area (TPSA) is 35.2 Å². The van der Waals surface area contributed by atoms with Gasteiger partial charge in [-0.25, -0.2) is 0 Å². The van der Waals surface area contributed by atoms with Crippen LogP contribution >= 0.6 is 11.8 Å². The van der Waals surface area contributed by atoms with Crippen LogP contribution in [0.15, 0.2) is 18.2 Å². The minimum Gasteiger partial charge on any atom is -0.493 e. The molecule has 0 aromatic heterocycles. The van der Waals surface area contributed by atoms with Crippen LogP contribution in [0.2, 0.25) is 0 Å². The number of benzene rings is 1. The van der Waals surface area contributed by atoms with Gasteiger partial charge in [0.05, 0.1) is 6.61 Å². The molecule has 3 rings (SSSR count). The van der Waals surface area contributed by atoms with Crippen molar-refractivity contribution < 1.29 is 4.74 Å². The van der Waals surface area contributed by atoms with Gasteiger partial charge in [-0.1, -0.05) is 12.1 Å². The quantitative estimate of drug-likeness (QED) is 0.918. The summed E-state index contributed by atoms with van der Waals surface area (Å²) in [6.45, 7) is 3.18. The van der Waals surface area contributed by atoms with E-state index in [1.165, 1.54) is 29.7 Å². The molecule has 2 heterocycles. The Morgan fingerprint density at radius 3 is 3.16 bits per heavy atom. The number of fused-ring (bicyclic) bond motifs is 1. The standard InChI is InChI=1S/C16H23NOS/c1-16(8-2-10-19-16)15(17)6-4-12-3-5-14-13(11-12)7-9-18-14/h3,5,11,15H,2,4,6-10,17H2,1H3. The van der Waals surface area contributed by atoms with Crippen molar-refractivity contribution in [3.8, 4) is 5.75 Å². The van der Waals surface area contributed by atoms with Crippen molar-refractivity contribution in [1.29, 1.82) is 0 Å². The number of nitrogens with two attached hydrogens (primary N) is 1. The zero-order valence-corrected chi connectivity index (χ0v) is 12.5. The minimum absolute atomic E-state index is 0.305. The lowest BCUT2D eigenvalue weighted by atomic mass is 9.91. The lowest BCUT2D eigenvalue weighted by molar-refractivity contribution is 0.357. The molecule has 0 spiro atoms. The van der Waals surface area contributed by atoms with E-state index in [0.29, 0.717) is 10.8 Å². The summed E-state index contributed by atoms with van der Waals surface area (Å²) in [5, 5.41) is 0. The van der Waals surface area contributed by atoms with Crippen LogP contribution in [0.5, 0.6) is 5.75 Å². The van der Waals surface area contributed by atoms with Gasteiger partial charge in [0, 0.05) is 17.2 Å². The summed E-state index contributed by atoms with van der Waals surface area (Å²) in [7, 11) is 0. The molecular formula is C16H23NOS. The molecule has 0 saturated carbocycles. The molecule has 0 aliphatic carbocycles. The zero-order chi connectivity index (χ0) is 13.3. The second-order valence-electron chi connectivity index (χ2n) is 5.95. The lowest BCUT2D eigenvalue weighted by Gasteiger charge is -2.30. The van der Waals surface area contributed by atoms with Crippen molar-refractivity contribution in [2.45, 2.75) is 49.8 Å². The Morgan fingerprint density at radius 2 is 2.37 bits per heavy atom. The van der Waals surface area contributed by atoms with E-state index in [2.05, 4.69) is 36.9 Å². The summed E-state index contributed by atoms with van der Waals surface area (Å²) < 4.78 is 5.85. The van der Waals surface area contributed by atoms with Crippen molar-refractivity contribution in [2.24, 2.45) is 5.73 Å². The second-order valence-corrected chi connectivity index (χ2v) is 7.58. The highest BCUT2D eigenvalue weighted by atomic mass is 32.2. The molecule has 2 aliphatic heterocycles. The van der Waals surface area contributed by atoms with Crippen LogP contribution in [0.4, 0.5) is 0 Å². The van der Waals surface area contributed by atoms with Crippen molar-refractivity contribution >= 4 is 11.8 Å². The maximum Gasteiger partial charge on any atom is 0.122 e. The number of hydrogen-bond acceptors (Lipinski definition) is 3. The highest BCUT2D eigenvalue weighted by Crippen LogP contribution is 2.41. The molecule has 0 radical (unpaired) electrons. The fourth-order valence-corrected chi connectivity index (χ4v) is 4.49. The number of rotatable bonds is 4. The molecule has 1 fully saturated rings. The summed E-state index contributed by atoms with van der Waals surface area (Å²) in [6, 6.07) is 6.93. The van der Waals surface area contributed by atoms with Gasteiger partial charge in [0.15, 0.2) is 0 Å². The van der Waals surface area contributed by atoms with Gasteiger partial charge in [0.25, 0.3) is 0 Å². The van der Waals surface area contributed by atoms with Gasteiger partial charge in [-0.2, -0.15) is 11.8 Å². The van der Waals surface area contributed by atoms with E-state index in [4.69, 9.17) is 10.5 Å². The van der Waals surface area contributed by atoms with Crippen molar-refractivity contribution in [2.75, 3.05) is 12.4 Å². The first-order chi connectivity index (χ1) is 9.17. The molecule has 2 N–H and O–H groups in total. The first-order valence-electron chi connectivity index (χ1n) is 7.31. The van der Waals surface area contributed by atoms with Gasteiger partial charge in [-0.05, 0) is 55.6 Å². The van der Waals surface area contributed by atoms with E-state index in [0.717, 1.165) is 31.6 Å². The molecule has 1 aromatic rings. The Balaban J connectivity index is 1.60. The van der Waals surface area contributed by atoms with E-state index in [-0.39, 0.29) is 0 Å². The Labute approximate surface area is 120 Å². The molecular weight excluding hydrogens is 254 g/mol. The molecule has 2 aliphatic rings. The van der Waals surface area contributed by atoms with E-state index < -0.39 is 0 Å². The maximum atomic E-state index is 6.43. The monoisotopic (exact) mass is 277 g/mol. The molecule has 2 nitrogen and oxygen atoms in total. The van der Waals surface area contributed by atoms with Crippen LogP contribution in [0, 0.1) is 0 Å². The Morgan fingerprint density at radius 1 is 1.47 bits per heavy atom. The average molecular weight is 277 g/mol. The third-order valence-corrected chi connectivity index (χ3v) is 6.19. The maximum absolute atomic E-state index is 6.43. The van der Waals surface area contributed by atoms with Crippen molar-refractivity contribution in [3.05, 3.63) is 29.3 Å². The third kappa shape index (κ3) is 2.77. The normalized spacial score (nSPS) is 27.1. The molecule has 1 saturated heterocycles. The van der Waals surface area contributed by atoms with Gasteiger partial charge in [-0.3, -0.25) is 0 Å². The Kier molecular flexibility index (Phi) is 3.77. The highest BCUT2D eigenvalue weighted by Gasteiger charge is 2.35. The Hall–Kier alpha value is -0.670. The van der Waals surface area contributed by atoms with Gasteiger partial charge in [-0.15, -0.1) is 0 Å². The van der Waals surface area contributed by atoms with Crippen LogP contribution < -0.4 is 10.5 Å². The predicted octanol–water partition coefficient (Wildman–Crippen LogP) is 3.17. The van der Waals surface area contributed by atoms with E-state index in [1.54, 1.807) is 0 Å². The summed E-state index contributed by atoms with van der Waals surface area (Å²) in [6.07, 6.45) is 5.83. The van der Waals surface area contributed by atoms with Crippen molar-refractivity contribution in [3.63, 3.8) is 0 Å². The van der Waals surface area contributed by atoms with Gasteiger partial charge < -0.3 is 10.5 Å². The first-order valence-corrected chi connectivity index (χ1v) is 8.30. The van der Waals surface area contributed by atoms with Crippen LogP contribution in [0.1, 0.15) is 37.3 Å². The molecule has 0 amide bonds. The van der Waals surface area contributed by atoms with Crippen LogP contribution in [0.3, 0.4) is 0 Å². The zero-order valence-electron chi connectivity index (χ0n) is 11.7. The largest absolute Gasteiger partial charge is 0.493 e. The number of hydrogen-bond donors (Lipinski definition) is 1. The summed E-state index contributed by atoms with van der Waals surface area (Å²) in [4.78, 5) is 0. The van der Waals surface area contributed by atoms with Gasteiger partial charge >= 0.3 is 0 Å². The molecule has 2 unspecified atom stereocenters. The van der Waals surface area contributed by atoms with Gasteiger partial charge in [0.2, 0.25) is 0 Å². The summed E-state index contributed by atoms with van der Waals surface area (Å²) >= 11 is 2.06. The fourth-order valence-electron chi connectivity index (χ4n) is 3.12. The Bertz CT molecular complexity index is 454. The third-order valence-electron chi connectivity index (χ3n) is 4.53. The van der Waals surface area contributed by atoms with E-state index in [1.807, 2.05) is 0 Å². The molecule has 1 aromatic carbocycles. The van der Waals surface area contributed by atoms with Gasteiger partial charge in [0.1, 0.15) is 5.75 Å². The van der Waals surface area contributed by atoms with Crippen molar-refractivity contribution in [1.82, 2.24) is 0 Å². The first kappa shape index (κ1) is 13.3. The average Bonchev–Trinajstić information content (AvgIpc) is 3.04. The second kappa shape index (κ2) is 5.37. The lowest BCUT2D eigenvalue weighted by Crippen LogP contribution is -2.41. The molecule has 2 atom stereocenters. The van der Waals surface area contributed by atoms with E-state index in [9.17, 15) is 0 Å². The predicted molar refractivity (Wildman–Crippen MR) is 82.0 cm³/mol. The smallest absolute Gasteiger partial charge is 0.122 e. The van der Waals surface area contributed by atoms with Crippen LogP contribution in [-0.2, 0) is 12.8 Å². The number of ether oxygens (including phenoxy) is 1. The van der Waals surface area contributed by atoms with Crippen LogP contribution in [0.25, 0.3) is 0 Å². The molecule has 3 heteroatoms. The number of thioether (sulfide) groups is 1.